The summed E-state index contributed by atoms with van der Waals surface area (Å²) in [4.78, 5) is 12.2. The Labute approximate surface area is 95.6 Å². The van der Waals surface area contributed by atoms with E-state index in [1.54, 1.807) is 0 Å². The van der Waals surface area contributed by atoms with Crippen molar-refractivity contribution in [2.24, 2.45) is 11.7 Å². The number of nitrogens with two attached hydrogens (primary N) is 1. The first kappa shape index (κ1) is 11.3. The van der Waals surface area contributed by atoms with Crippen molar-refractivity contribution in [3.63, 3.8) is 0 Å². The Morgan fingerprint density at radius 3 is 2.75 bits per heavy atom. The lowest BCUT2D eigenvalue weighted by molar-refractivity contribution is -0.124. The molecule has 2 atom stereocenters. The Balaban J connectivity index is 2.13. The summed E-state index contributed by atoms with van der Waals surface area (Å²) in [7, 11) is 0. The average Bonchev–Trinajstić information content (AvgIpc) is 2.85. The highest BCUT2D eigenvalue weighted by Gasteiger charge is 2.29. The molecule has 86 valence electrons. The van der Waals surface area contributed by atoms with Crippen molar-refractivity contribution < 1.29 is 9.53 Å². The predicted octanol–water partition coefficient (Wildman–Crippen LogP) is 1.33. The Morgan fingerprint density at radius 1 is 1.44 bits per heavy atom. The minimum absolute atomic E-state index is 0.0359. The highest BCUT2D eigenvalue weighted by molar-refractivity contribution is 5.88. The quantitative estimate of drug-likeness (QED) is 0.831. The van der Waals surface area contributed by atoms with Crippen LogP contribution in [0.25, 0.3) is 0 Å². The van der Waals surface area contributed by atoms with Crippen LogP contribution < -0.4 is 5.73 Å². The second-order valence-electron chi connectivity index (χ2n) is 4.16. The predicted molar refractivity (Wildman–Crippen MR) is 62.2 cm³/mol. The SMILES string of the molecule is NCC(C(=O)C1CCOC1)c1ccccc1. The van der Waals surface area contributed by atoms with Gasteiger partial charge in [0.25, 0.3) is 0 Å². The van der Waals surface area contributed by atoms with Gasteiger partial charge in [-0.25, -0.2) is 0 Å². The molecule has 1 heterocycles. The molecule has 1 saturated heterocycles. The van der Waals surface area contributed by atoms with E-state index >= 15 is 0 Å². The van der Waals surface area contributed by atoms with Gasteiger partial charge in [-0.3, -0.25) is 4.79 Å². The van der Waals surface area contributed by atoms with Crippen LogP contribution in [-0.4, -0.2) is 25.5 Å². The molecule has 1 aromatic carbocycles. The van der Waals surface area contributed by atoms with Crippen molar-refractivity contribution in [3.05, 3.63) is 35.9 Å². The van der Waals surface area contributed by atoms with Crippen molar-refractivity contribution in [1.82, 2.24) is 0 Å². The van der Waals surface area contributed by atoms with Gasteiger partial charge in [0.05, 0.1) is 12.5 Å². The molecule has 0 amide bonds. The maximum absolute atomic E-state index is 12.2. The lowest BCUT2D eigenvalue weighted by atomic mass is 9.87. The molecule has 0 bridgehead atoms. The number of carbonyl (C=O) groups excluding carboxylic acids is 1. The van der Waals surface area contributed by atoms with Crippen LogP contribution in [0.15, 0.2) is 30.3 Å². The van der Waals surface area contributed by atoms with E-state index in [4.69, 9.17) is 10.5 Å². The number of ether oxygens (including phenoxy) is 1. The number of rotatable bonds is 4. The van der Waals surface area contributed by atoms with Gasteiger partial charge in [0.2, 0.25) is 0 Å². The second kappa shape index (κ2) is 5.23. The molecule has 1 aliphatic rings. The first-order valence-corrected chi connectivity index (χ1v) is 5.69. The third kappa shape index (κ3) is 2.31. The van der Waals surface area contributed by atoms with E-state index in [2.05, 4.69) is 0 Å². The van der Waals surface area contributed by atoms with E-state index < -0.39 is 0 Å². The zero-order valence-corrected chi connectivity index (χ0v) is 9.26. The maximum atomic E-state index is 12.2. The molecule has 1 aromatic rings. The lowest BCUT2D eigenvalue weighted by Gasteiger charge is -2.17. The Morgan fingerprint density at radius 2 is 2.19 bits per heavy atom. The van der Waals surface area contributed by atoms with Crippen molar-refractivity contribution in [2.45, 2.75) is 12.3 Å². The second-order valence-corrected chi connectivity index (χ2v) is 4.16. The van der Waals surface area contributed by atoms with Gasteiger partial charge in [0, 0.05) is 19.1 Å². The monoisotopic (exact) mass is 219 g/mol. The van der Waals surface area contributed by atoms with Crippen molar-refractivity contribution in [1.29, 1.82) is 0 Å². The van der Waals surface area contributed by atoms with E-state index in [9.17, 15) is 4.79 Å². The van der Waals surface area contributed by atoms with E-state index in [0.717, 1.165) is 12.0 Å². The Kier molecular flexibility index (Phi) is 3.70. The standard InChI is InChI=1S/C13H17NO2/c14-8-12(10-4-2-1-3-5-10)13(15)11-6-7-16-9-11/h1-5,11-12H,6-9,14H2. The number of Topliss-reactive ketones (excluding diaryl/α,β-unsaturated/α-hetero) is 1. The third-order valence-electron chi connectivity index (χ3n) is 3.11. The molecule has 0 aliphatic carbocycles. The van der Waals surface area contributed by atoms with Gasteiger partial charge in [-0.2, -0.15) is 0 Å². The molecule has 0 saturated carbocycles. The normalized spacial score (nSPS) is 21.9. The first-order chi connectivity index (χ1) is 7.83. The fourth-order valence-electron chi connectivity index (χ4n) is 2.15. The minimum atomic E-state index is -0.173. The number of benzene rings is 1. The van der Waals surface area contributed by atoms with Crippen LogP contribution in [0, 0.1) is 5.92 Å². The largest absolute Gasteiger partial charge is 0.381 e. The maximum Gasteiger partial charge on any atom is 0.147 e. The molecule has 0 spiro atoms. The van der Waals surface area contributed by atoms with Crippen LogP contribution in [0.2, 0.25) is 0 Å². The van der Waals surface area contributed by atoms with Crippen molar-refractivity contribution in [2.75, 3.05) is 19.8 Å². The Bertz CT molecular complexity index is 344. The zero-order valence-electron chi connectivity index (χ0n) is 9.26. The van der Waals surface area contributed by atoms with Gasteiger partial charge in [0.15, 0.2) is 0 Å². The van der Waals surface area contributed by atoms with Crippen LogP contribution in [0.4, 0.5) is 0 Å². The van der Waals surface area contributed by atoms with Crippen LogP contribution in [-0.2, 0) is 9.53 Å². The molecule has 16 heavy (non-hydrogen) atoms. The number of hydrogen-bond donors (Lipinski definition) is 1. The zero-order chi connectivity index (χ0) is 11.4. The summed E-state index contributed by atoms with van der Waals surface area (Å²) in [6.45, 7) is 1.63. The molecular weight excluding hydrogens is 202 g/mol. The van der Waals surface area contributed by atoms with E-state index in [1.165, 1.54) is 0 Å². The summed E-state index contributed by atoms with van der Waals surface area (Å²) in [6, 6.07) is 9.75. The van der Waals surface area contributed by atoms with Crippen LogP contribution in [0.5, 0.6) is 0 Å². The van der Waals surface area contributed by atoms with Crippen LogP contribution in [0.1, 0.15) is 17.9 Å². The number of carbonyl (C=O) groups is 1. The minimum Gasteiger partial charge on any atom is -0.381 e. The third-order valence-corrected chi connectivity index (χ3v) is 3.11. The van der Waals surface area contributed by atoms with E-state index in [-0.39, 0.29) is 17.6 Å². The van der Waals surface area contributed by atoms with E-state index in [0.29, 0.717) is 19.8 Å². The first-order valence-electron chi connectivity index (χ1n) is 5.69. The molecule has 0 radical (unpaired) electrons. The molecule has 2 rings (SSSR count). The summed E-state index contributed by atoms with van der Waals surface area (Å²) in [6.07, 6.45) is 0.835. The number of hydrogen-bond acceptors (Lipinski definition) is 3. The fraction of sp³-hybridized carbons (Fsp3) is 0.462. The lowest BCUT2D eigenvalue weighted by Crippen LogP contribution is -2.28. The number of ketones is 1. The highest BCUT2D eigenvalue weighted by atomic mass is 16.5. The molecular formula is C13H17NO2. The fourth-order valence-corrected chi connectivity index (χ4v) is 2.15. The highest BCUT2D eigenvalue weighted by Crippen LogP contribution is 2.24. The summed E-state index contributed by atoms with van der Waals surface area (Å²) < 4.78 is 5.25. The summed E-state index contributed by atoms with van der Waals surface area (Å²) >= 11 is 0. The molecule has 1 fully saturated rings. The van der Waals surface area contributed by atoms with Gasteiger partial charge in [-0.1, -0.05) is 30.3 Å². The van der Waals surface area contributed by atoms with Gasteiger partial charge in [-0.05, 0) is 12.0 Å². The molecule has 0 aromatic heterocycles. The van der Waals surface area contributed by atoms with Crippen LogP contribution >= 0.6 is 0 Å². The van der Waals surface area contributed by atoms with Gasteiger partial charge in [-0.15, -0.1) is 0 Å². The van der Waals surface area contributed by atoms with Gasteiger partial charge in [0.1, 0.15) is 5.78 Å². The summed E-state index contributed by atoms with van der Waals surface area (Å²) in [5.74, 6) is 0.0906. The summed E-state index contributed by atoms with van der Waals surface area (Å²) in [5.41, 5.74) is 6.73. The van der Waals surface area contributed by atoms with E-state index in [1.807, 2.05) is 30.3 Å². The molecule has 3 heteroatoms. The van der Waals surface area contributed by atoms with Crippen LogP contribution in [0.3, 0.4) is 0 Å². The Hall–Kier alpha value is -1.19. The molecule has 3 nitrogen and oxygen atoms in total. The average molecular weight is 219 g/mol. The molecule has 2 unspecified atom stereocenters. The van der Waals surface area contributed by atoms with Crippen molar-refractivity contribution in [3.8, 4) is 0 Å². The van der Waals surface area contributed by atoms with Crippen molar-refractivity contribution >= 4 is 5.78 Å². The smallest absolute Gasteiger partial charge is 0.147 e. The molecule has 2 N–H and O–H groups in total. The molecule has 1 aliphatic heterocycles. The summed E-state index contributed by atoms with van der Waals surface area (Å²) in [5, 5.41) is 0. The van der Waals surface area contributed by atoms with Gasteiger partial charge >= 0.3 is 0 Å². The topological polar surface area (TPSA) is 52.3 Å². The van der Waals surface area contributed by atoms with Gasteiger partial charge < -0.3 is 10.5 Å².